The van der Waals surface area contributed by atoms with E-state index in [1.165, 1.54) is 5.56 Å². The van der Waals surface area contributed by atoms with Gasteiger partial charge in [-0.1, -0.05) is 65.8 Å². The molecule has 0 aliphatic rings. The van der Waals surface area contributed by atoms with Gasteiger partial charge in [0.1, 0.15) is 11.6 Å². The lowest BCUT2D eigenvalue weighted by Crippen LogP contribution is -2.17. The van der Waals surface area contributed by atoms with Crippen molar-refractivity contribution in [3.63, 3.8) is 0 Å². The minimum Gasteiger partial charge on any atom is -0.507 e. The van der Waals surface area contributed by atoms with E-state index in [0.29, 0.717) is 11.4 Å². The number of rotatable bonds is 3. The largest absolute Gasteiger partial charge is 0.507 e. The molecule has 0 unspecified atom stereocenters. The maximum atomic E-state index is 10.8. The number of para-hydroxylation sites is 1. The minimum absolute atomic E-state index is 0.0242. The standard InChI is InChI=1S/C24H29N3O/c1-23(2,3)18-13-17(22(28)19(14-18)24(4,5)6)15-25-27-21-12-11-16-9-7-8-10-20(16)26-21/h7-15,28H,1-6H3,(H,26,27)/b25-15+. The van der Waals surface area contributed by atoms with Crippen LogP contribution in [0.4, 0.5) is 5.82 Å². The SMILES string of the molecule is CC(C)(C)c1cc(/C=N/Nc2ccc3ccccc3n2)c(O)c(C(C)(C)C)c1. The molecule has 3 rings (SSSR count). The van der Waals surface area contributed by atoms with Crippen LogP contribution in [-0.4, -0.2) is 16.3 Å². The highest BCUT2D eigenvalue weighted by Crippen LogP contribution is 2.37. The Kier molecular flexibility index (Phi) is 5.16. The Bertz CT molecular complexity index is 1020. The van der Waals surface area contributed by atoms with Crippen molar-refractivity contribution in [3.05, 3.63) is 65.2 Å². The first-order valence-corrected chi connectivity index (χ1v) is 9.58. The molecule has 2 N–H and O–H groups in total. The van der Waals surface area contributed by atoms with Crippen molar-refractivity contribution in [3.8, 4) is 5.75 Å². The van der Waals surface area contributed by atoms with Crippen LogP contribution in [0.15, 0.2) is 53.6 Å². The number of aromatic nitrogens is 1. The van der Waals surface area contributed by atoms with Gasteiger partial charge in [-0.3, -0.25) is 5.43 Å². The predicted molar refractivity (Wildman–Crippen MR) is 118 cm³/mol. The first kappa shape index (κ1) is 19.9. The van der Waals surface area contributed by atoms with Gasteiger partial charge in [0, 0.05) is 16.5 Å². The summed E-state index contributed by atoms with van der Waals surface area (Å²) in [5.74, 6) is 0.940. The van der Waals surface area contributed by atoms with Gasteiger partial charge in [-0.25, -0.2) is 4.98 Å². The lowest BCUT2D eigenvalue weighted by molar-refractivity contribution is 0.444. The van der Waals surface area contributed by atoms with Crippen LogP contribution in [0.25, 0.3) is 10.9 Å². The van der Waals surface area contributed by atoms with Crippen LogP contribution in [0.5, 0.6) is 5.75 Å². The number of hydrazone groups is 1. The summed E-state index contributed by atoms with van der Waals surface area (Å²) in [7, 11) is 0. The van der Waals surface area contributed by atoms with Crippen molar-refractivity contribution >= 4 is 22.9 Å². The van der Waals surface area contributed by atoms with E-state index in [4.69, 9.17) is 0 Å². The van der Waals surface area contributed by atoms with E-state index in [0.717, 1.165) is 16.5 Å². The average Bonchev–Trinajstić information content (AvgIpc) is 2.61. The summed E-state index contributed by atoms with van der Waals surface area (Å²) in [6.45, 7) is 12.8. The number of nitrogens with zero attached hydrogens (tertiary/aromatic N) is 2. The van der Waals surface area contributed by atoms with E-state index < -0.39 is 0 Å². The number of fused-ring (bicyclic) bond motifs is 1. The Labute approximate surface area is 167 Å². The fourth-order valence-electron chi connectivity index (χ4n) is 3.06. The zero-order valence-corrected chi connectivity index (χ0v) is 17.5. The van der Waals surface area contributed by atoms with Gasteiger partial charge >= 0.3 is 0 Å². The fraction of sp³-hybridized carbons (Fsp3) is 0.333. The molecule has 1 heterocycles. The number of phenols is 1. The summed E-state index contributed by atoms with van der Waals surface area (Å²) < 4.78 is 0. The molecule has 146 valence electrons. The first-order chi connectivity index (χ1) is 13.1. The van der Waals surface area contributed by atoms with Gasteiger partial charge < -0.3 is 5.11 Å². The monoisotopic (exact) mass is 375 g/mol. The molecular weight excluding hydrogens is 346 g/mol. The molecule has 0 aliphatic heterocycles. The number of pyridine rings is 1. The summed E-state index contributed by atoms with van der Waals surface area (Å²) in [6, 6.07) is 16.0. The molecule has 0 bridgehead atoms. The van der Waals surface area contributed by atoms with E-state index in [-0.39, 0.29) is 16.6 Å². The minimum atomic E-state index is -0.165. The molecule has 0 saturated heterocycles. The summed E-state index contributed by atoms with van der Waals surface area (Å²) in [5, 5.41) is 16.2. The number of nitrogens with one attached hydrogen (secondary N) is 1. The molecule has 4 nitrogen and oxygen atoms in total. The van der Waals surface area contributed by atoms with Crippen molar-refractivity contribution in [1.29, 1.82) is 0 Å². The van der Waals surface area contributed by atoms with Crippen LogP contribution in [0.1, 0.15) is 58.2 Å². The van der Waals surface area contributed by atoms with Crippen molar-refractivity contribution in [2.45, 2.75) is 52.4 Å². The molecule has 1 aromatic heterocycles. The number of aromatic hydroxyl groups is 1. The molecule has 0 aliphatic carbocycles. The second-order valence-corrected chi connectivity index (χ2v) is 9.22. The highest BCUT2D eigenvalue weighted by atomic mass is 16.3. The van der Waals surface area contributed by atoms with Crippen LogP contribution >= 0.6 is 0 Å². The molecule has 2 aromatic carbocycles. The van der Waals surface area contributed by atoms with E-state index in [9.17, 15) is 5.11 Å². The molecule has 0 spiro atoms. The molecule has 0 amide bonds. The zero-order valence-electron chi connectivity index (χ0n) is 17.5. The molecule has 4 heteroatoms. The van der Waals surface area contributed by atoms with Gasteiger partial charge in [0.25, 0.3) is 0 Å². The van der Waals surface area contributed by atoms with Gasteiger partial charge in [-0.15, -0.1) is 0 Å². The highest BCUT2D eigenvalue weighted by Gasteiger charge is 2.24. The number of phenolic OH excluding ortho intramolecular Hbond substituents is 1. The molecule has 3 aromatic rings. The van der Waals surface area contributed by atoms with E-state index >= 15 is 0 Å². The maximum absolute atomic E-state index is 10.8. The van der Waals surface area contributed by atoms with Crippen LogP contribution in [0.3, 0.4) is 0 Å². The second kappa shape index (κ2) is 7.27. The Balaban J connectivity index is 1.93. The summed E-state index contributed by atoms with van der Waals surface area (Å²) in [5.41, 5.74) is 6.49. The molecule has 28 heavy (non-hydrogen) atoms. The fourth-order valence-corrected chi connectivity index (χ4v) is 3.06. The third kappa shape index (κ3) is 4.33. The highest BCUT2D eigenvalue weighted by molar-refractivity contribution is 5.86. The van der Waals surface area contributed by atoms with Crippen LogP contribution in [-0.2, 0) is 10.8 Å². The predicted octanol–water partition coefficient (Wildman–Crippen LogP) is 5.98. The lowest BCUT2D eigenvalue weighted by Gasteiger charge is -2.26. The smallest absolute Gasteiger partial charge is 0.146 e. The average molecular weight is 376 g/mol. The van der Waals surface area contributed by atoms with Crippen molar-refractivity contribution in [1.82, 2.24) is 4.98 Å². The van der Waals surface area contributed by atoms with Gasteiger partial charge in [0.05, 0.1) is 11.7 Å². The topological polar surface area (TPSA) is 57.5 Å². The molecular formula is C24H29N3O. The number of hydrogen-bond donors (Lipinski definition) is 2. The lowest BCUT2D eigenvalue weighted by atomic mass is 9.79. The van der Waals surface area contributed by atoms with E-state index in [1.54, 1.807) is 6.21 Å². The Morgan fingerprint density at radius 1 is 0.929 bits per heavy atom. The summed E-state index contributed by atoms with van der Waals surface area (Å²) in [6.07, 6.45) is 1.66. The normalized spacial score (nSPS) is 12.6. The molecule has 0 radical (unpaired) electrons. The molecule has 0 fully saturated rings. The Morgan fingerprint density at radius 2 is 1.64 bits per heavy atom. The van der Waals surface area contributed by atoms with Crippen molar-refractivity contribution in [2.75, 3.05) is 5.43 Å². The maximum Gasteiger partial charge on any atom is 0.146 e. The third-order valence-electron chi connectivity index (χ3n) is 4.79. The zero-order chi connectivity index (χ0) is 20.5. The van der Waals surface area contributed by atoms with Gasteiger partial charge in [0.2, 0.25) is 0 Å². The van der Waals surface area contributed by atoms with Gasteiger partial charge in [-0.2, -0.15) is 5.10 Å². The quantitative estimate of drug-likeness (QED) is 0.437. The molecule has 0 saturated carbocycles. The Morgan fingerprint density at radius 3 is 2.32 bits per heavy atom. The number of hydrogen-bond acceptors (Lipinski definition) is 4. The Hall–Kier alpha value is -2.88. The van der Waals surface area contributed by atoms with Gasteiger partial charge in [0.15, 0.2) is 0 Å². The molecule has 0 atom stereocenters. The summed E-state index contributed by atoms with van der Waals surface area (Å²) in [4.78, 5) is 4.56. The summed E-state index contributed by atoms with van der Waals surface area (Å²) >= 11 is 0. The second-order valence-electron chi connectivity index (χ2n) is 9.22. The van der Waals surface area contributed by atoms with E-state index in [2.05, 4.69) is 63.1 Å². The van der Waals surface area contributed by atoms with Crippen LogP contribution < -0.4 is 5.43 Å². The number of anilines is 1. The first-order valence-electron chi connectivity index (χ1n) is 9.58. The van der Waals surface area contributed by atoms with Crippen LogP contribution in [0.2, 0.25) is 0 Å². The van der Waals surface area contributed by atoms with Crippen molar-refractivity contribution in [2.24, 2.45) is 5.10 Å². The van der Waals surface area contributed by atoms with Crippen LogP contribution in [0, 0.1) is 0 Å². The van der Waals surface area contributed by atoms with E-state index in [1.807, 2.05) is 42.5 Å². The van der Waals surface area contributed by atoms with Gasteiger partial charge in [-0.05, 0) is 40.7 Å². The third-order valence-corrected chi connectivity index (χ3v) is 4.79. The number of benzene rings is 2. The van der Waals surface area contributed by atoms with Crippen molar-refractivity contribution < 1.29 is 5.11 Å².